The second-order valence-electron chi connectivity index (χ2n) is 5.40. The number of carbonyl (C=O) groups excluding carboxylic acids is 1. The van der Waals surface area contributed by atoms with Crippen molar-refractivity contribution in [2.75, 3.05) is 4.90 Å². The number of rotatable bonds is 3. The molecule has 0 saturated heterocycles. The van der Waals surface area contributed by atoms with Gasteiger partial charge in [0.15, 0.2) is 0 Å². The lowest BCUT2D eigenvalue weighted by Crippen LogP contribution is -2.37. The van der Waals surface area contributed by atoms with Gasteiger partial charge in [-0.05, 0) is 35.9 Å². The number of aliphatic hydroxyl groups excluding tert-OH is 1. The van der Waals surface area contributed by atoms with E-state index in [0.29, 0.717) is 17.7 Å². The lowest BCUT2D eigenvalue weighted by atomic mass is 10.0. The molecule has 1 N–H and O–H groups in total. The molecule has 3 rings (SSSR count). The minimum absolute atomic E-state index is 0.0650. The van der Waals surface area contributed by atoms with Crippen molar-refractivity contribution in [1.82, 2.24) is 0 Å². The van der Waals surface area contributed by atoms with E-state index in [1.54, 1.807) is 18.2 Å². The van der Waals surface area contributed by atoms with Gasteiger partial charge >= 0.3 is 0 Å². The van der Waals surface area contributed by atoms with Crippen molar-refractivity contribution < 1.29 is 14.3 Å². The number of aliphatic hydroxyl groups is 1. The standard InChI is InChI=1S/C18H12ClFN2O2/c19-15-8-14(6-3-12(15)10-21)22-16(17(23)9-18(22)24)7-11-1-4-13(20)5-2-11/h1-6,8-9,16,23H,7H2. The molecule has 1 amide bonds. The van der Waals surface area contributed by atoms with Gasteiger partial charge in [-0.25, -0.2) is 4.39 Å². The van der Waals surface area contributed by atoms with Crippen LogP contribution in [0, 0.1) is 17.1 Å². The highest BCUT2D eigenvalue weighted by molar-refractivity contribution is 6.32. The van der Waals surface area contributed by atoms with E-state index in [9.17, 15) is 14.3 Å². The first kappa shape index (κ1) is 16.0. The first-order chi connectivity index (χ1) is 11.5. The summed E-state index contributed by atoms with van der Waals surface area (Å²) in [7, 11) is 0. The number of anilines is 1. The fraction of sp³-hybridized carbons (Fsp3) is 0.111. The SMILES string of the molecule is N#Cc1ccc(N2C(=O)C=C(O)C2Cc2ccc(F)cc2)cc1Cl. The van der Waals surface area contributed by atoms with Crippen LogP contribution in [0.5, 0.6) is 0 Å². The zero-order valence-electron chi connectivity index (χ0n) is 12.4. The van der Waals surface area contributed by atoms with E-state index in [1.807, 2.05) is 6.07 Å². The summed E-state index contributed by atoms with van der Waals surface area (Å²) in [5, 5.41) is 19.3. The number of nitrogens with zero attached hydrogens (tertiary/aromatic N) is 2. The van der Waals surface area contributed by atoms with Crippen LogP contribution in [0.1, 0.15) is 11.1 Å². The van der Waals surface area contributed by atoms with Gasteiger partial charge < -0.3 is 5.11 Å². The van der Waals surface area contributed by atoms with E-state index in [2.05, 4.69) is 0 Å². The van der Waals surface area contributed by atoms with Crippen molar-refractivity contribution in [1.29, 1.82) is 5.26 Å². The first-order valence-electron chi connectivity index (χ1n) is 7.17. The van der Waals surface area contributed by atoms with Crippen LogP contribution in [0.2, 0.25) is 5.02 Å². The molecule has 0 radical (unpaired) electrons. The van der Waals surface area contributed by atoms with Gasteiger partial charge in [0.2, 0.25) is 0 Å². The summed E-state index contributed by atoms with van der Waals surface area (Å²) in [5.74, 6) is -0.790. The Kier molecular flexibility index (Phi) is 4.24. The molecule has 1 atom stereocenters. The van der Waals surface area contributed by atoms with Gasteiger partial charge in [0, 0.05) is 18.2 Å². The first-order valence-corrected chi connectivity index (χ1v) is 7.55. The van der Waals surface area contributed by atoms with Crippen LogP contribution in [0.4, 0.5) is 10.1 Å². The molecule has 120 valence electrons. The molecule has 1 aliphatic rings. The predicted octanol–water partition coefficient (Wildman–Crippen LogP) is 3.75. The maximum Gasteiger partial charge on any atom is 0.255 e. The van der Waals surface area contributed by atoms with E-state index in [0.717, 1.165) is 11.6 Å². The molecule has 1 aliphatic heterocycles. The molecule has 2 aromatic carbocycles. The van der Waals surface area contributed by atoms with Crippen LogP contribution in [0.15, 0.2) is 54.3 Å². The number of halogens is 2. The number of nitriles is 1. The summed E-state index contributed by atoms with van der Waals surface area (Å²) in [6, 6.07) is 11.9. The number of amides is 1. The average molecular weight is 343 g/mol. The molecule has 0 spiro atoms. The van der Waals surface area contributed by atoms with Crippen molar-refractivity contribution in [3.05, 3.63) is 76.3 Å². The summed E-state index contributed by atoms with van der Waals surface area (Å²) in [4.78, 5) is 13.6. The minimum Gasteiger partial charge on any atom is -0.510 e. The zero-order valence-corrected chi connectivity index (χ0v) is 13.2. The third-order valence-corrected chi connectivity index (χ3v) is 4.17. The molecular formula is C18H12ClFN2O2. The topological polar surface area (TPSA) is 64.3 Å². The lowest BCUT2D eigenvalue weighted by molar-refractivity contribution is -0.113. The smallest absolute Gasteiger partial charge is 0.255 e. The zero-order chi connectivity index (χ0) is 17.3. The quantitative estimate of drug-likeness (QED) is 0.923. The van der Waals surface area contributed by atoms with Crippen molar-refractivity contribution in [2.45, 2.75) is 12.5 Å². The summed E-state index contributed by atoms with van der Waals surface area (Å²) < 4.78 is 13.0. The van der Waals surface area contributed by atoms with Crippen LogP contribution in [0.25, 0.3) is 0 Å². The normalized spacial score (nSPS) is 16.9. The average Bonchev–Trinajstić information content (AvgIpc) is 2.83. The molecule has 0 fully saturated rings. The maximum absolute atomic E-state index is 13.0. The van der Waals surface area contributed by atoms with E-state index < -0.39 is 6.04 Å². The molecule has 6 heteroatoms. The second kappa shape index (κ2) is 6.34. The third kappa shape index (κ3) is 2.97. The van der Waals surface area contributed by atoms with Gasteiger partial charge in [-0.1, -0.05) is 23.7 Å². The van der Waals surface area contributed by atoms with Crippen LogP contribution >= 0.6 is 11.6 Å². The molecule has 2 aromatic rings. The van der Waals surface area contributed by atoms with Gasteiger partial charge in [-0.3, -0.25) is 9.69 Å². The monoisotopic (exact) mass is 342 g/mol. The molecule has 24 heavy (non-hydrogen) atoms. The Morgan fingerprint density at radius 2 is 1.96 bits per heavy atom. The highest BCUT2D eigenvalue weighted by Gasteiger charge is 2.34. The van der Waals surface area contributed by atoms with Crippen molar-refractivity contribution in [3.8, 4) is 6.07 Å². The Labute approximate surface area is 143 Å². The third-order valence-electron chi connectivity index (χ3n) is 3.86. The van der Waals surface area contributed by atoms with Gasteiger partial charge in [0.1, 0.15) is 17.6 Å². The molecule has 1 unspecified atom stereocenters. The molecule has 0 bridgehead atoms. The predicted molar refractivity (Wildman–Crippen MR) is 88.3 cm³/mol. The van der Waals surface area contributed by atoms with E-state index in [1.165, 1.54) is 29.2 Å². The van der Waals surface area contributed by atoms with Crippen molar-refractivity contribution in [2.24, 2.45) is 0 Å². The Balaban J connectivity index is 1.93. The van der Waals surface area contributed by atoms with Gasteiger partial charge in [0.25, 0.3) is 5.91 Å². The van der Waals surface area contributed by atoms with Crippen molar-refractivity contribution >= 4 is 23.2 Å². The summed E-state index contributed by atoms with van der Waals surface area (Å²) >= 11 is 6.04. The molecule has 4 nitrogen and oxygen atoms in total. The fourth-order valence-corrected chi connectivity index (χ4v) is 2.89. The Bertz CT molecular complexity index is 872. The van der Waals surface area contributed by atoms with Crippen LogP contribution < -0.4 is 4.90 Å². The van der Waals surface area contributed by atoms with Gasteiger partial charge in [0.05, 0.1) is 16.6 Å². The lowest BCUT2D eigenvalue weighted by Gasteiger charge is -2.26. The van der Waals surface area contributed by atoms with Crippen molar-refractivity contribution in [3.63, 3.8) is 0 Å². The highest BCUT2D eigenvalue weighted by Crippen LogP contribution is 2.31. The molecule has 0 saturated carbocycles. The van der Waals surface area contributed by atoms with Crippen LogP contribution in [-0.2, 0) is 11.2 Å². The van der Waals surface area contributed by atoms with E-state index in [-0.39, 0.29) is 22.5 Å². The number of benzene rings is 2. The Hall–Kier alpha value is -2.84. The second-order valence-corrected chi connectivity index (χ2v) is 5.81. The number of hydrogen-bond donors (Lipinski definition) is 1. The molecular weight excluding hydrogens is 331 g/mol. The number of hydrogen-bond acceptors (Lipinski definition) is 3. The largest absolute Gasteiger partial charge is 0.510 e. The maximum atomic E-state index is 13.0. The molecule has 0 aromatic heterocycles. The molecule has 0 aliphatic carbocycles. The summed E-state index contributed by atoms with van der Waals surface area (Å²) in [5.41, 5.74) is 1.57. The Morgan fingerprint density at radius 3 is 2.58 bits per heavy atom. The van der Waals surface area contributed by atoms with Gasteiger partial charge in [-0.2, -0.15) is 5.26 Å². The van der Waals surface area contributed by atoms with Crippen LogP contribution in [-0.4, -0.2) is 17.1 Å². The van der Waals surface area contributed by atoms with Crippen LogP contribution in [0.3, 0.4) is 0 Å². The summed E-state index contributed by atoms with van der Waals surface area (Å²) in [6.07, 6.45) is 1.48. The highest BCUT2D eigenvalue weighted by atomic mass is 35.5. The Morgan fingerprint density at radius 1 is 1.25 bits per heavy atom. The van der Waals surface area contributed by atoms with E-state index in [4.69, 9.17) is 16.9 Å². The number of carbonyl (C=O) groups is 1. The van der Waals surface area contributed by atoms with Gasteiger partial charge in [-0.15, -0.1) is 0 Å². The summed E-state index contributed by atoms with van der Waals surface area (Å²) in [6.45, 7) is 0. The minimum atomic E-state index is -0.605. The van der Waals surface area contributed by atoms with E-state index >= 15 is 0 Å². The fourth-order valence-electron chi connectivity index (χ4n) is 2.67. The molecule has 1 heterocycles.